The molecule has 16 heavy (non-hydrogen) atoms. The third kappa shape index (κ3) is 6.43. The molecule has 0 aromatic carbocycles. The van der Waals surface area contributed by atoms with Gasteiger partial charge in [-0.2, -0.15) is 0 Å². The summed E-state index contributed by atoms with van der Waals surface area (Å²) >= 11 is 0. The number of nitrogens with zero attached hydrogens (tertiary/aromatic N) is 1. The maximum atomic E-state index is 11.6. The van der Waals surface area contributed by atoms with Gasteiger partial charge in [0.15, 0.2) is 0 Å². The lowest BCUT2D eigenvalue weighted by Crippen LogP contribution is -2.30. The van der Waals surface area contributed by atoms with E-state index in [1.54, 1.807) is 6.92 Å². The lowest BCUT2D eigenvalue weighted by atomic mass is 10.2. The van der Waals surface area contributed by atoms with Crippen molar-refractivity contribution >= 4 is 11.9 Å². The van der Waals surface area contributed by atoms with Crippen molar-refractivity contribution in [2.75, 3.05) is 19.7 Å². The number of hydrogen-bond acceptors (Lipinski definition) is 3. The van der Waals surface area contributed by atoms with E-state index in [1.807, 2.05) is 18.7 Å². The fourth-order valence-electron chi connectivity index (χ4n) is 1.51. The fraction of sp³-hybridized carbons (Fsp3) is 0.833. The van der Waals surface area contributed by atoms with Crippen LogP contribution >= 0.6 is 0 Å². The van der Waals surface area contributed by atoms with Gasteiger partial charge in [-0.15, -0.1) is 0 Å². The first kappa shape index (κ1) is 14.9. The zero-order valence-electron chi connectivity index (χ0n) is 10.6. The topological polar surface area (TPSA) is 46.6 Å². The van der Waals surface area contributed by atoms with E-state index in [9.17, 15) is 9.59 Å². The predicted molar refractivity (Wildman–Crippen MR) is 63.0 cm³/mol. The molecule has 0 saturated carbocycles. The third-order valence-electron chi connectivity index (χ3n) is 2.44. The lowest BCUT2D eigenvalue weighted by molar-refractivity contribution is -0.143. The second kappa shape index (κ2) is 9.19. The molecule has 0 atom stereocenters. The summed E-state index contributed by atoms with van der Waals surface area (Å²) in [5.74, 6) is 0.00615. The fourth-order valence-corrected chi connectivity index (χ4v) is 1.51. The Kier molecular flexibility index (Phi) is 8.58. The van der Waals surface area contributed by atoms with Crippen LogP contribution in [-0.4, -0.2) is 36.5 Å². The maximum absolute atomic E-state index is 11.6. The first-order valence-corrected chi connectivity index (χ1v) is 6.09. The Labute approximate surface area is 98.0 Å². The van der Waals surface area contributed by atoms with Gasteiger partial charge in [0.05, 0.1) is 6.61 Å². The van der Waals surface area contributed by atoms with Crippen LogP contribution in [0.4, 0.5) is 0 Å². The summed E-state index contributed by atoms with van der Waals surface area (Å²) in [5, 5.41) is 0. The van der Waals surface area contributed by atoms with Crippen LogP contribution in [0, 0.1) is 0 Å². The molecule has 0 aromatic heterocycles. The molecule has 4 nitrogen and oxygen atoms in total. The van der Waals surface area contributed by atoms with Crippen LogP contribution < -0.4 is 0 Å². The molecular weight excluding hydrogens is 206 g/mol. The molecule has 0 aliphatic heterocycles. The largest absolute Gasteiger partial charge is 0.466 e. The van der Waals surface area contributed by atoms with Crippen molar-refractivity contribution in [3.8, 4) is 0 Å². The Morgan fingerprint density at radius 3 is 2.06 bits per heavy atom. The molecule has 0 heterocycles. The van der Waals surface area contributed by atoms with Crippen LogP contribution in [0.15, 0.2) is 0 Å². The van der Waals surface area contributed by atoms with E-state index in [-0.39, 0.29) is 11.9 Å². The van der Waals surface area contributed by atoms with Gasteiger partial charge in [-0.1, -0.05) is 0 Å². The molecule has 4 heteroatoms. The molecule has 0 fully saturated rings. The zero-order chi connectivity index (χ0) is 12.4. The summed E-state index contributed by atoms with van der Waals surface area (Å²) in [6.45, 7) is 7.68. The summed E-state index contributed by atoms with van der Waals surface area (Å²) in [6.07, 6.45) is 2.43. The van der Waals surface area contributed by atoms with Gasteiger partial charge in [0.1, 0.15) is 0 Å². The Hall–Kier alpha value is -1.06. The standard InChI is InChI=1S/C12H23NO3/c1-4-13(5-2)11(14)9-7-8-10-12(15)16-6-3/h4-10H2,1-3H3. The number of unbranched alkanes of at least 4 members (excludes halogenated alkanes) is 1. The summed E-state index contributed by atoms with van der Waals surface area (Å²) in [7, 11) is 0. The van der Waals surface area contributed by atoms with E-state index >= 15 is 0 Å². The van der Waals surface area contributed by atoms with E-state index < -0.39 is 0 Å². The van der Waals surface area contributed by atoms with Crippen LogP contribution in [0.3, 0.4) is 0 Å². The van der Waals surface area contributed by atoms with Gasteiger partial charge >= 0.3 is 5.97 Å². The molecule has 0 rings (SSSR count). The number of carbonyl (C=O) groups excluding carboxylic acids is 2. The first-order valence-electron chi connectivity index (χ1n) is 6.09. The summed E-state index contributed by atoms with van der Waals surface area (Å²) in [5.41, 5.74) is 0. The second-order valence-corrected chi connectivity index (χ2v) is 3.58. The number of esters is 1. The second-order valence-electron chi connectivity index (χ2n) is 3.58. The van der Waals surface area contributed by atoms with Gasteiger partial charge in [-0.3, -0.25) is 9.59 Å². The predicted octanol–water partition coefficient (Wildman–Crippen LogP) is 1.98. The van der Waals surface area contributed by atoms with Gasteiger partial charge in [0.2, 0.25) is 5.91 Å². The van der Waals surface area contributed by atoms with Crippen molar-refractivity contribution < 1.29 is 14.3 Å². The molecule has 0 aliphatic carbocycles. The van der Waals surface area contributed by atoms with E-state index in [4.69, 9.17) is 4.74 Å². The Morgan fingerprint density at radius 2 is 1.56 bits per heavy atom. The molecular formula is C12H23NO3. The summed E-state index contributed by atoms with van der Waals surface area (Å²) in [6, 6.07) is 0. The van der Waals surface area contributed by atoms with Crippen LogP contribution in [-0.2, 0) is 14.3 Å². The lowest BCUT2D eigenvalue weighted by Gasteiger charge is -2.18. The zero-order valence-corrected chi connectivity index (χ0v) is 10.6. The van der Waals surface area contributed by atoms with Crippen molar-refractivity contribution in [1.29, 1.82) is 0 Å². The van der Waals surface area contributed by atoms with E-state index in [0.29, 0.717) is 19.4 Å². The van der Waals surface area contributed by atoms with Crippen molar-refractivity contribution in [3.63, 3.8) is 0 Å². The molecule has 1 amide bonds. The normalized spacial score (nSPS) is 9.94. The van der Waals surface area contributed by atoms with Gasteiger partial charge in [-0.05, 0) is 33.6 Å². The van der Waals surface area contributed by atoms with Crippen LogP contribution in [0.5, 0.6) is 0 Å². The SMILES string of the molecule is CCOC(=O)CCCCC(=O)N(CC)CC. The molecule has 0 saturated heterocycles. The van der Waals surface area contributed by atoms with Crippen LogP contribution in [0.1, 0.15) is 46.5 Å². The average Bonchev–Trinajstić information content (AvgIpc) is 2.26. The highest BCUT2D eigenvalue weighted by Gasteiger charge is 2.09. The minimum atomic E-state index is -0.169. The van der Waals surface area contributed by atoms with Crippen molar-refractivity contribution in [2.24, 2.45) is 0 Å². The Balaban J connectivity index is 3.58. The monoisotopic (exact) mass is 229 g/mol. The quantitative estimate of drug-likeness (QED) is 0.472. The molecule has 0 aromatic rings. The smallest absolute Gasteiger partial charge is 0.305 e. The average molecular weight is 229 g/mol. The van der Waals surface area contributed by atoms with E-state index in [1.165, 1.54) is 0 Å². The Morgan fingerprint density at radius 1 is 1.00 bits per heavy atom. The molecule has 0 unspecified atom stereocenters. The maximum Gasteiger partial charge on any atom is 0.305 e. The van der Waals surface area contributed by atoms with E-state index in [0.717, 1.165) is 25.9 Å². The molecule has 0 N–H and O–H groups in total. The Bertz CT molecular complexity index is 212. The van der Waals surface area contributed by atoms with Crippen molar-refractivity contribution in [2.45, 2.75) is 46.5 Å². The van der Waals surface area contributed by atoms with E-state index in [2.05, 4.69) is 0 Å². The van der Waals surface area contributed by atoms with Gasteiger partial charge < -0.3 is 9.64 Å². The highest BCUT2D eigenvalue weighted by Crippen LogP contribution is 2.04. The van der Waals surface area contributed by atoms with Gasteiger partial charge in [0, 0.05) is 25.9 Å². The molecule has 0 spiro atoms. The van der Waals surface area contributed by atoms with Crippen LogP contribution in [0.25, 0.3) is 0 Å². The van der Waals surface area contributed by atoms with Crippen molar-refractivity contribution in [3.05, 3.63) is 0 Å². The minimum absolute atomic E-state index is 0.169. The highest BCUT2D eigenvalue weighted by atomic mass is 16.5. The number of ether oxygens (including phenoxy) is 1. The van der Waals surface area contributed by atoms with Crippen LogP contribution in [0.2, 0.25) is 0 Å². The molecule has 0 aliphatic rings. The minimum Gasteiger partial charge on any atom is -0.466 e. The molecule has 0 bridgehead atoms. The molecule has 0 radical (unpaired) electrons. The highest BCUT2D eigenvalue weighted by molar-refractivity contribution is 5.76. The number of carbonyl (C=O) groups is 2. The number of hydrogen-bond donors (Lipinski definition) is 0. The number of rotatable bonds is 8. The summed E-state index contributed by atoms with van der Waals surface area (Å²) in [4.78, 5) is 24.4. The first-order chi connectivity index (χ1) is 7.65. The van der Waals surface area contributed by atoms with Gasteiger partial charge in [0.25, 0.3) is 0 Å². The third-order valence-corrected chi connectivity index (χ3v) is 2.44. The van der Waals surface area contributed by atoms with Gasteiger partial charge in [-0.25, -0.2) is 0 Å². The number of amides is 1. The summed E-state index contributed by atoms with van der Waals surface area (Å²) < 4.78 is 4.80. The van der Waals surface area contributed by atoms with Crippen molar-refractivity contribution in [1.82, 2.24) is 4.90 Å². The molecule has 94 valence electrons.